The molecule has 0 aliphatic heterocycles. The molecule has 0 spiro atoms. The molecule has 0 radical (unpaired) electrons. The second-order valence-electron chi connectivity index (χ2n) is 4.37. The van der Waals surface area contributed by atoms with Gasteiger partial charge in [-0.2, -0.15) is 13.2 Å². The summed E-state index contributed by atoms with van der Waals surface area (Å²) in [5.41, 5.74) is 0.884. The van der Waals surface area contributed by atoms with Crippen molar-refractivity contribution < 1.29 is 17.6 Å². The van der Waals surface area contributed by atoms with Gasteiger partial charge in [-0.15, -0.1) is 0 Å². The van der Waals surface area contributed by atoms with Crippen molar-refractivity contribution in [1.29, 1.82) is 0 Å². The number of alkyl halides is 3. The predicted octanol–water partition coefficient (Wildman–Crippen LogP) is 5.16. The van der Waals surface area contributed by atoms with Crippen LogP contribution in [0.25, 0.3) is 11.1 Å². The maximum atomic E-state index is 13.9. The van der Waals surface area contributed by atoms with Gasteiger partial charge in [-0.05, 0) is 24.1 Å². The fourth-order valence-electron chi connectivity index (χ4n) is 1.84. The number of rotatable bonds is 2. The van der Waals surface area contributed by atoms with Crippen molar-refractivity contribution in [2.75, 3.05) is 0 Å². The smallest absolute Gasteiger partial charge is 0.206 e. The molecule has 1 atom stereocenters. The van der Waals surface area contributed by atoms with Crippen LogP contribution in [-0.2, 0) is 0 Å². The van der Waals surface area contributed by atoms with Crippen molar-refractivity contribution >= 4 is 0 Å². The molecule has 4 heteroatoms. The summed E-state index contributed by atoms with van der Waals surface area (Å²) in [6, 6.07) is 12.4. The lowest BCUT2D eigenvalue weighted by Gasteiger charge is -2.16. The lowest BCUT2D eigenvalue weighted by Crippen LogP contribution is -2.17. The van der Waals surface area contributed by atoms with Crippen molar-refractivity contribution in [2.24, 2.45) is 0 Å². The van der Waals surface area contributed by atoms with Gasteiger partial charge in [0.05, 0.1) is 5.92 Å². The van der Waals surface area contributed by atoms with E-state index in [9.17, 15) is 17.6 Å². The standard InChI is InChI=1S/C15H12F4/c1-10(15(17,18)19)12-7-8-13(14(16)9-12)11-5-3-2-4-6-11/h2-10H,1H3/t10-/m1/s1. The van der Waals surface area contributed by atoms with Crippen LogP contribution in [0.5, 0.6) is 0 Å². The van der Waals surface area contributed by atoms with E-state index in [1.54, 1.807) is 30.3 Å². The third-order valence-corrected chi connectivity index (χ3v) is 3.07. The first kappa shape index (κ1) is 13.6. The van der Waals surface area contributed by atoms with Gasteiger partial charge in [0.25, 0.3) is 0 Å². The molecule has 100 valence electrons. The van der Waals surface area contributed by atoms with Crippen LogP contribution in [0, 0.1) is 5.82 Å². The van der Waals surface area contributed by atoms with Crippen LogP contribution in [0.1, 0.15) is 18.4 Å². The quantitative estimate of drug-likeness (QED) is 0.660. The molecule has 19 heavy (non-hydrogen) atoms. The fraction of sp³-hybridized carbons (Fsp3) is 0.200. The Morgan fingerprint density at radius 1 is 0.947 bits per heavy atom. The van der Waals surface area contributed by atoms with Gasteiger partial charge in [0, 0.05) is 5.56 Å². The van der Waals surface area contributed by atoms with Gasteiger partial charge in [-0.25, -0.2) is 4.39 Å². The van der Waals surface area contributed by atoms with Crippen LogP contribution >= 0.6 is 0 Å². The zero-order chi connectivity index (χ0) is 14.0. The summed E-state index contributed by atoms with van der Waals surface area (Å²) in [4.78, 5) is 0. The topological polar surface area (TPSA) is 0 Å². The highest BCUT2D eigenvalue weighted by atomic mass is 19.4. The van der Waals surface area contributed by atoms with Crippen LogP contribution in [0.2, 0.25) is 0 Å². The van der Waals surface area contributed by atoms with Crippen molar-refractivity contribution in [3.05, 3.63) is 59.9 Å². The molecule has 0 aromatic heterocycles. The van der Waals surface area contributed by atoms with Crippen LogP contribution in [0.4, 0.5) is 17.6 Å². The Labute approximate surface area is 108 Å². The Kier molecular flexibility index (Phi) is 3.60. The molecule has 0 N–H and O–H groups in total. The minimum Gasteiger partial charge on any atom is -0.206 e. The molecule has 2 aromatic rings. The average Bonchev–Trinajstić information content (AvgIpc) is 2.37. The summed E-state index contributed by atoms with van der Waals surface area (Å²) in [5.74, 6) is -2.31. The molecular weight excluding hydrogens is 256 g/mol. The number of hydrogen-bond donors (Lipinski definition) is 0. The van der Waals surface area contributed by atoms with Crippen molar-refractivity contribution in [3.63, 3.8) is 0 Å². The normalized spacial score (nSPS) is 13.3. The molecule has 0 bridgehead atoms. The molecule has 0 saturated carbocycles. The third-order valence-electron chi connectivity index (χ3n) is 3.07. The van der Waals surface area contributed by atoms with E-state index in [0.29, 0.717) is 11.1 Å². The maximum absolute atomic E-state index is 13.9. The predicted molar refractivity (Wildman–Crippen MR) is 66.3 cm³/mol. The van der Waals surface area contributed by atoms with E-state index < -0.39 is 17.9 Å². The Bertz CT molecular complexity index is 558. The van der Waals surface area contributed by atoms with Gasteiger partial charge in [0.1, 0.15) is 5.82 Å². The number of halogens is 4. The number of benzene rings is 2. The third kappa shape index (κ3) is 2.95. The molecule has 2 aromatic carbocycles. The van der Waals surface area contributed by atoms with Gasteiger partial charge in [0.2, 0.25) is 0 Å². The van der Waals surface area contributed by atoms with Crippen LogP contribution in [0.3, 0.4) is 0 Å². The highest BCUT2D eigenvalue weighted by Gasteiger charge is 2.37. The average molecular weight is 268 g/mol. The molecule has 0 aliphatic carbocycles. The first-order valence-electron chi connectivity index (χ1n) is 5.81. The van der Waals surface area contributed by atoms with E-state index in [-0.39, 0.29) is 5.56 Å². The van der Waals surface area contributed by atoms with E-state index in [1.165, 1.54) is 12.1 Å². The summed E-state index contributed by atoms with van der Waals surface area (Å²) in [6.45, 7) is 1.02. The molecule has 0 heterocycles. The molecule has 0 unspecified atom stereocenters. The van der Waals surface area contributed by atoms with E-state index >= 15 is 0 Å². The summed E-state index contributed by atoms with van der Waals surface area (Å²) in [7, 11) is 0. The highest BCUT2D eigenvalue weighted by Crippen LogP contribution is 2.35. The van der Waals surface area contributed by atoms with Crippen molar-refractivity contribution in [2.45, 2.75) is 19.0 Å². The summed E-state index contributed by atoms with van der Waals surface area (Å²) in [5, 5.41) is 0. The summed E-state index contributed by atoms with van der Waals surface area (Å²) in [6.07, 6.45) is -4.36. The molecule has 0 saturated heterocycles. The summed E-state index contributed by atoms with van der Waals surface area (Å²) < 4.78 is 51.6. The highest BCUT2D eigenvalue weighted by molar-refractivity contribution is 5.64. The minimum atomic E-state index is -4.36. The van der Waals surface area contributed by atoms with Crippen LogP contribution < -0.4 is 0 Å². The molecular formula is C15H12F4. The van der Waals surface area contributed by atoms with Gasteiger partial charge < -0.3 is 0 Å². The lowest BCUT2D eigenvalue weighted by atomic mass is 9.96. The SMILES string of the molecule is C[C@H](c1ccc(-c2ccccc2)c(F)c1)C(F)(F)F. The van der Waals surface area contributed by atoms with E-state index in [4.69, 9.17) is 0 Å². The first-order valence-corrected chi connectivity index (χ1v) is 5.81. The largest absolute Gasteiger partial charge is 0.395 e. The van der Waals surface area contributed by atoms with Crippen molar-refractivity contribution in [1.82, 2.24) is 0 Å². The Hall–Kier alpha value is -1.84. The summed E-state index contributed by atoms with van der Waals surface area (Å²) >= 11 is 0. The Morgan fingerprint density at radius 2 is 1.58 bits per heavy atom. The molecule has 2 rings (SSSR count). The Balaban J connectivity index is 2.38. The molecule has 0 aliphatic rings. The van der Waals surface area contributed by atoms with Gasteiger partial charge in [-0.3, -0.25) is 0 Å². The lowest BCUT2D eigenvalue weighted by molar-refractivity contribution is -0.146. The van der Waals surface area contributed by atoms with Gasteiger partial charge in [0.15, 0.2) is 0 Å². The minimum absolute atomic E-state index is 0.0651. The van der Waals surface area contributed by atoms with Gasteiger partial charge in [-0.1, -0.05) is 42.5 Å². The monoisotopic (exact) mass is 268 g/mol. The van der Waals surface area contributed by atoms with Crippen LogP contribution in [0.15, 0.2) is 48.5 Å². The zero-order valence-corrected chi connectivity index (χ0v) is 10.2. The van der Waals surface area contributed by atoms with Crippen molar-refractivity contribution in [3.8, 4) is 11.1 Å². The number of hydrogen-bond acceptors (Lipinski definition) is 0. The second-order valence-corrected chi connectivity index (χ2v) is 4.37. The van der Waals surface area contributed by atoms with Gasteiger partial charge >= 0.3 is 6.18 Å². The Morgan fingerprint density at radius 3 is 2.11 bits per heavy atom. The van der Waals surface area contributed by atoms with E-state index in [1.807, 2.05) is 0 Å². The molecule has 0 fully saturated rings. The molecule has 0 nitrogen and oxygen atoms in total. The molecule has 0 amide bonds. The van der Waals surface area contributed by atoms with E-state index in [0.717, 1.165) is 13.0 Å². The fourth-order valence-corrected chi connectivity index (χ4v) is 1.84. The van der Waals surface area contributed by atoms with E-state index in [2.05, 4.69) is 0 Å². The second kappa shape index (κ2) is 5.03. The first-order chi connectivity index (χ1) is 8.89. The van der Waals surface area contributed by atoms with Crippen LogP contribution in [-0.4, -0.2) is 6.18 Å². The maximum Gasteiger partial charge on any atom is 0.395 e. The zero-order valence-electron chi connectivity index (χ0n) is 10.2.